The molecule has 0 aromatic heterocycles. The van der Waals surface area contributed by atoms with E-state index in [0.717, 1.165) is 6.26 Å². The molecule has 0 aliphatic carbocycles. The Morgan fingerprint density at radius 3 is 1.91 bits per heavy atom. The molecule has 7 heteroatoms. The van der Waals surface area contributed by atoms with E-state index in [1.165, 1.54) is 0 Å². The molecule has 0 aromatic rings. The lowest BCUT2D eigenvalue weighted by molar-refractivity contribution is 0.512. The summed E-state index contributed by atoms with van der Waals surface area (Å²) in [4.78, 5) is 0. The molecule has 0 bridgehead atoms. The first-order chi connectivity index (χ1) is 4.89. The van der Waals surface area contributed by atoms with Gasteiger partial charge >= 0.3 is 0 Å². The van der Waals surface area contributed by atoms with Crippen molar-refractivity contribution in [3.05, 3.63) is 0 Å². The molecule has 0 spiro atoms. The van der Waals surface area contributed by atoms with Crippen molar-refractivity contribution in [2.75, 3.05) is 12.8 Å². The van der Waals surface area contributed by atoms with Crippen LogP contribution < -0.4 is 0 Å². The van der Waals surface area contributed by atoms with Crippen molar-refractivity contribution < 1.29 is 16.8 Å². The standard InChI is InChI=1S/C4H11NO4S2/c1-3-4-5(10(6)7)11(2,8)9/h10H,3-4H2,1-2H3. The molecule has 0 atom stereocenters. The lowest BCUT2D eigenvalue weighted by atomic mass is 10.5. The van der Waals surface area contributed by atoms with Crippen LogP contribution in [0.15, 0.2) is 0 Å². The fourth-order valence-corrected chi connectivity index (χ4v) is 2.41. The Labute approximate surface area is 68.1 Å². The summed E-state index contributed by atoms with van der Waals surface area (Å²) in [5, 5.41) is 0. The summed E-state index contributed by atoms with van der Waals surface area (Å²) in [7, 11) is -6.60. The fraction of sp³-hybridized carbons (Fsp3) is 1.00. The molecule has 0 radical (unpaired) electrons. The molecule has 68 valence electrons. The molecule has 0 aromatic carbocycles. The van der Waals surface area contributed by atoms with Crippen LogP contribution in [0.5, 0.6) is 0 Å². The maximum atomic E-state index is 10.7. The van der Waals surface area contributed by atoms with E-state index >= 15 is 0 Å². The number of rotatable bonds is 4. The third-order valence-corrected chi connectivity index (χ3v) is 3.78. The Morgan fingerprint density at radius 1 is 1.36 bits per heavy atom. The first-order valence-electron chi connectivity index (χ1n) is 3.01. The summed E-state index contributed by atoms with van der Waals surface area (Å²) in [6.45, 7) is 1.73. The normalized spacial score (nSPS) is 12.7. The molecule has 0 amide bonds. The van der Waals surface area contributed by atoms with E-state index in [-0.39, 0.29) is 6.54 Å². The fourth-order valence-electron chi connectivity index (χ4n) is 0.560. The van der Waals surface area contributed by atoms with Crippen molar-refractivity contribution in [3.8, 4) is 0 Å². The van der Waals surface area contributed by atoms with Crippen LogP contribution in [0.1, 0.15) is 13.3 Å². The minimum Gasteiger partial charge on any atom is -0.214 e. The minimum absolute atomic E-state index is 0.0253. The van der Waals surface area contributed by atoms with E-state index in [0.29, 0.717) is 10.1 Å². The monoisotopic (exact) mass is 201 g/mol. The van der Waals surface area contributed by atoms with Gasteiger partial charge < -0.3 is 0 Å². The van der Waals surface area contributed by atoms with Gasteiger partial charge in [-0.2, -0.15) is 0 Å². The van der Waals surface area contributed by atoms with Crippen LogP contribution in [0, 0.1) is 0 Å². The Morgan fingerprint density at radius 2 is 1.82 bits per heavy atom. The van der Waals surface area contributed by atoms with Crippen LogP contribution in [-0.4, -0.2) is 33.3 Å². The zero-order chi connectivity index (χ0) is 9.07. The molecule has 11 heavy (non-hydrogen) atoms. The van der Waals surface area contributed by atoms with E-state index in [2.05, 4.69) is 0 Å². The Kier molecular flexibility index (Phi) is 3.98. The molecule has 0 rings (SSSR count). The van der Waals surface area contributed by atoms with Crippen LogP contribution >= 0.6 is 0 Å². The molecular weight excluding hydrogens is 190 g/mol. The highest BCUT2D eigenvalue weighted by Crippen LogP contribution is 1.98. The van der Waals surface area contributed by atoms with Crippen molar-refractivity contribution in [2.45, 2.75) is 13.3 Å². The smallest absolute Gasteiger partial charge is 0.214 e. The third kappa shape index (κ3) is 3.68. The van der Waals surface area contributed by atoms with Gasteiger partial charge in [-0.15, -0.1) is 0 Å². The quantitative estimate of drug-likeness (QED) is 0.603. The molecule has 5 nitrogen and oxygen atoms in total. The molecule has 0 saturated carbocycles. The predicted molar refractivity (Wildman–Crippen MR) is 42.2 cm³/mol. The van der Waals surface area contributed by atoms with E-state index in [1.807, 2.05) is 0 Å². The van der Waals surface area contributed by atoms with Gasteiger partial charge in [0.05, 0.1) is 6.26 Å². The maximum absolute atomic E-state index is 10.7. The lowest BCUT2D eigenvalue weighted by Crippen LogP contribution is -2.29. The molecule has 0 heterocycles. The summed E-state index contributed by atoms with van der Waals surface area (Å²) in [6.07, 6.45) is 1.35. The summed E-state index contributed by atoms with van der Waals surface area (Å²) in [5.74, 6) is 0. The largest absolute Gasteiger partial charge is 0.224 e. The highest BCUT2D eigenvalue weighted by atomic mass is 32.3. The van der Waals surface area contributed by atoms with E-state index in [4.69, 9.17) is 0 Å². The highest BCUT2D eigenvalue weighted by molar-refractivity contribution is 7.96. The second-order valence-electron chi connectivity index (χ2n) is 2.05. The zero-order valence-electron chi connectivity index (χ0n) is 6.35. The van der Waals surface area contributed by atoms with Gasteiger partial charge in [-0.1, -0.05) is 10.6 Å². The summed E-state index contributed by atoms with van der Waals surface area (Å²) < 4.78 is 42.5. The molecule has 0 aliphatic heterocycles. The van der Waals surface area contributed by atoms with Gasteiger partial charge in [-0.25, -0.2) is 16.8 Å². The Balaban J connectivity index is 4.63. The van der Waals surface area contributed by atoms with Crippen molar-refractivity contribution in [1.29, 1.82) is 0 Å². The van der Waals surface area contributed by atoms with E-state index in [1.54, 1.807) is 6.92 Å². The van der Waals surface area contributed by atoms with Crippen LogP contribution in [0.2, 0.25) is 0 Å². The number of sulfonamides is 1. The SMILES string of the molecule is CCCN([SH](=O)=O)S(C)(=O)=O. The lowest BCUT2D eigenvalue weighted by Gasteiger charge is -2.09. The molecular formula is C4H11NO4S2. The number of thiol groups is 1. The van der Waals surface area contributed by atoms with Crippen LogP contribution in [-0.2, 0) is 20.9 Å². The van der Waals surface area contributed by atoms with Crippen molar-refractivity contribution in [2.24, 2.45) is 0 Å². The highest BCUT2D eigenvalue weighted by Gasteiger charge is 2.17. The second kappa shape index (κ2) is 4.03. The zero-order valence-corrected chi connectivity index (χ0v) is 8.06. The number of hydrogen-bond acceptors (Lipinski definition) is 4. The van der Waals surface area contributed by atoms with Gasteiger partial charge in [0.15, 0.2) is 0 Å². The summed E-state index contributed by atoms with van der Waals surface area (Å²) in [6, 6.07) is 0. The van der Waals surface area contributed by atoms with Crippen molar-refractivity contribution in [1.82, 2.24) is 3.71 Å². The van der Waals surface area contributed by atoms with Crippen LogP contribution in [0.25, 0.3) is 0 Å². The average Bonchev–Trinajstić information content (AvgIpc) is 1.79. The Hall–Kier alpha value is -0.140. The van der Waals surface area contributed by atoms with Gasteiger partial charge in [0.25, 0.3) is 0 Å². The van der Waals surface area contributed by atoms with Crippen LogP contribution in [0.3, 0.4) is 0 Å². The molecule has 0 N–H and O–H groups in total. The van der Waals surface area contributed by atoms with Crippen LogP contribution in [0.4, 0.5) is 0 Å². The number of nitrogens with zero attached hydrogens (tertiary/aromatic N) is 1. The second-order valence-corrected chi connectivity index (χ2v) is 5.18. The first-order valence-corrected chi connectivity index (χ1v) is 5.99. The molecule has 0 saturated heterocycles. The molecule has 0 fully saturated rings. The van der Waals surface area contributed by atoms with Gasteiger partial charge in [0, 0.05) is 6.54 Å². The maximum Gasteiger partial charge on any atom is 0.224 e. The first kappa shape index (κ1) is 10.9. The average molecular weight is 201 g/mol. The topological polar surface area (TPSA) is 71.5 Å². The molecule has 0 aliphatic rings. The van der Waals surface area contributed by atoms with Gasteiger partial charge in [0.2, 0.25) is 20.9 Å². The number of hydrogen-bond donors (Lipinski definition) is 1. The minimum atomic E-state index is -3.59. The molecule has 0 unspecified atom stereocenters. The Bertz CT molecular complexity index is 270. The summed E-state index contributed by atoms with van der Waals surface area (Å²) >= 11 is 0. The van der Waals surface area contributed by atoms with E-state index < -0.39 is 20.9 Å². The third-order valence-electron chi connectivity index (χ3n) is 0.980. The van der Waals surface area contributed by atoms with Gasteiger partial charge in [-0.05, 0) is 6.42 Å². The van der Waals surface area contributed by atoms with Gasteiger partial charge in [-0.3, -0.25) is 0 Å². The van der Waals surface area contributed by atoms with Crippen molar-refractivity contribution in [3.63, 3.8) is 0 Å². The summed E-state index contributed by atoms with van der Waals surface area (Å²) in [5.41, 5.74) is 0. The van der Waals surface area contributed by atoms with E-state index in [9.17, 15) is 16.8 Å². The predicted octanol–water partition coefficient (Wildman–Crippen LogP) is -0.816. The van der Waals surface area contributed by atoms with Crippen molar-refractivity contribution >= 4 is 20.9 Å². The van der Waals surface area contributed by atoms with Gasteiger partial charge in [0.1, 0.15) is 0 Å².